The lowest BCUT2D eigenvalue weighted by molar-refractivity contribution is 1.37. The molecule has 0 spiro atoms. The summed E-state index contributed by atoms with van der Waals surface area (Å²) in [5.74, 6) is 0. The number of hydrogen-bond acceptors (Lipinski definition) is 0. The van der Waals surface area contributed by atoms with E-state index in [2.05, 4.69) is 39.0 Å². The predicted molar refractivity (Wildman–Crippen MR) is 50.3 cm³/mol. The van der Waals surface area contributed by atoms with Crippen LogP contribution >= 0.6 is 0 Å². The number of aryl methyl sites for hydroxylation is 2. The number of allylic oxidation sites excluding steroid dienone is 1. The Morgan fingerprint density at radius 3 is 2.09 bits per heavy atom. The Hall–Kier alpha value is -1.04. The summed E-state index contributed by atoms with van der Waals surface area (Å²) in [4.78, 5) is 0. The molecule has 0 aromatic heterocycles. The van der Waals surface area contributed by atoms with Gasteiger partial charge in [0.1, 0.15) is 0 Å². The van der Waals surface area contributed by atoms with Crippen LogP contribution in [0.2, 0.25) is 0 Å². The summed E-state index contributed by atoms with van der Waals surface area (Å²) in [6.07, 6.45) is 3.83. The van der Waals surface area contributed by atoms with Crippen LogP contribution in [0.5, 0.6) is 0 Å². The van der Waals surface area contributed by atoms with Crippen LogP contribution in [0.3, 0.4) is 0 Å². The van der Waals surface area contributed by atoms with E-state index in [-0.39, 0.29) is 0 Å². The first-order valence-electron chi connectivity index (χ1n) is 3.76. The highest BCUT2D eigenvalue weighted by Gasteiger charge is 1.89. The summed E-state index contributed by atoms with van der Waals surface area (Å²) in [5, 5.41) is 0. The second-order valence-electron chi connectivity index (χ2n) is 2.82. The smallest absolute Gasteiger partial charge is 0.0255 e. The third kappa shape index (κ3) is 2.23. The van der Waals surface area contributed by atoms with Crippen LogP contribution in [-0.2, 0) is 0 Å². The van der Waals surface area contributed by atoms with Crippen molar-refractivity contribution in [1.82, 2.24) is 0 Å². The third-order valence-electron chi connectivity index (χ3n) is 1.55. The van der Waals surface area contributed by atoms with Crippen LogP contribution in [0.15, 0.2) is 24.3 Å². The van der Waals surface area contributed by atoms with Gasteiger partial charge in [-0.1, -0.05) is 41.5 Å². The zero-order valence-electron chi connectivity index (χ0n) is 7.09. The van der Waals surface area contributed by atoms with Gasteiger partial charge >= 0.3 is 0 Å². The van der Waals surface area contributed by atoms with Gasteiger partial charge in [0.15, 0.2) is 0 Å². The van der Waals surface area contributed by atoms with Crippen molar-refractivity contribution in [1.29, 1.82) is 0 Å². The van der Waals surface area contributed by atoms with Gasteiger partial charge in [0.2, 0.25) is 0 Å². The van der Waals surface area contributed by atoms with Crippen molar-refractivity contribution in [3.05, 3.63) is 47.9 Å². The van der Waals surface area contributed by atoms with Crippen LogP contribution < -0.4 is 0 Å². The zero-order valence-corrected chi connectivity index (χ0v) is 7.09. The molecule has 0 heteroatoms. The Morgan fingerprint density at radius 2 is 1.64 bits per heavy atom. The monoisotopic (exact) mass is 145 g/mol. The van der Waals surface area contributed by atoms with E-state index in [9.17, 15) is 0 Å². The minimum Gasteiger partial charge on any atom is -0.0836 e. The van der Waals surface area contributed by atoms with Crippen molar-refractivity contribution < 1.29 is 0 Å². The lowest BCUT2D eigenvalue weighted by atomic mass is 10.1. The molecule has 0 saturated heterocycles. The average Bonchev–Trinajstić information content (AvgIpc) is 1.85. The second kappa shape index (κ2) is 3.38. The molecule has 1 rings (SSSR count). The molecule has 0 aliphatic carbocycles. The first kappa shape index (κ1) is 8.06. The van der Waals surface area contributed by atoms with Gasteiger partial charge in [-0.3, -0.25) is 0 Å². The van der Waals surface area contributed by atoms with E-state index in [1.54, 1.807) is 0 Å². The molecule has 0 heterocycles. The van der Waals surface area contributed by atoms with Crippen LogP contribution in [0, 0.1) is 20.8 Å². The van der Waals surface area contributed by atoms with Gasteiger partial charge < -0.3 is 0 Å². The van der Waals surface area contributed by atoms with Gasteiger partial charge in [-0.15, -0.1) is 0 Å². The highest BCUT2D eigenvalue weighted by molar-refractivity contribution is 5.52. The van der Waals surface area contributed by atoms with Crippen LogP contribution in [-0.4, -0.2) is 0 Å². The summed E-state index contributed by atoms with van der Waals surface area (Å²) in [5.41, 5.74) is 3.84. The molecule has 0 atom stereocenters. The SMILES string of the molecule is [CH2]C=Cc1cc(C)cc(C)c1. The molecule has 0 unspecified atom stereocenters. The van der Waals surface area contributed by atoms with Crippen molar-refractivity contribution in [2.45, 2.75) is 13.8 Å². The van der Waals surface area contributed by atoms with Crippen LogP contribution in [0.4, 0.5) is 0 Å². The predicted octanol–water partition coefficient (Wildman–Crippen LogP) is 3.15. The number of rotatable bonds is 1. The fraction of sp³-hybridized carbons (Fsp3) is 0.182. The summed E-state index contributed by atoms with van der Waals surface area (Å²) < 4.78 is 0. The number of benzene rings is 1. The van der Waals surface area contributed by atoms with Gasteiger partial charge in [-0.25, -0.2) is 0 Å². The molecule has 0 fully saturated rings. The zero-order chi connectivity index (χ0) is 8.27. The van der Waals surface area contributed by atoms with Gasteiger partial charge in [-0.2, -0.15) is 0 Å². The van der Waals surface area contributed by atoms with E-state index in [4.69, 9.17) is 0 Å². The Morgan fingerprint density at radius 1 is 1.09 bits per heavy atom. The molecule has 0 saturated carbocycles. The van der Waals surface area contributed by atoms with Gasteiger partial charge in [-0.05, 0) is 26.3 Å². The van der Waals surface area contributed by atoms with Gasteiger partial charge in [0, 0.05) is 0 Å². The summed E-state index contributed by atoms with van der Waals surface area (Å²) in [6.45, 7) is 7.87. The molecule has 57 valence electrons. The van der Waals surface area contributed by atoms with Gasteiger partial charge in [0.25, 0.3) is 0 Å². The standard InChI is InChI=1S/C11H13/c1-4-5-11-7-9(2)6-10(3)8-11/h4-8H,1H2,2-3H3. The number of hydrogen-bond donors (Lipinski definition) is 0. The van der Waals surface area contributed by atoms with Crippen LogP contribution in [0.1, 0.15) is 16.7 Å². The first-order chi connectivity index (χ1) is 5.22. The average molecular weight is 145 g/mol. The van der Waals surface area contributed by atoms with Crippen molar-refractivity contribution in [3.63, 3.8) is 0 Å². The molecular weight excluding hydrogens is 132 g/mol. The lowest BCUT2D eigenvalue weighted by Crippen LogP contribution is -1.79. The third-order valence-corrected chi connectivity index (χ3v) is 1.55. The van der Waals surface area contributed by atoms with Crippen molar-refractivity contribution in [2.24, 2.45) is 0 Å². The quantitative estimate of drug-likeness (QED) is 0.569. The fourth-order valence-electron chi connectivity index (χ4n) is 1.24. The maximum atomic E-state index is 3.66. The normalized spacial score (nSPS) is 10.8. The molecule has 0 N–H and O–H groups in total. The molecule has 1 radical (unpaired) electrons. The topological polar surface area (TPSA) is 0 Å². The second-order valence-corrected chi connectivity index (χ2v) is 2.82. The highest BCUT2D eigenvalue weighted by atomic mass is 14.0. The van der Waals surface area contributed by atoms with E-state index >= 15 is 0 Å². The fourth-order valence-corrected chi connectivity index (χ4v) is 1.24. The Bertz CT molecular complexity index is 249. The van der Waals surface area contributed by atoms with Crippen molar-refractivity contribution >= 4 is 6.08 Å². The first-order valence-corrected chi connectivity index (χ1v) is 3.76. The molecule has 0 bridgehead atoms. The van der Waals surface area contributed by atoms with E-state index in [1.807, 2.05) is 12.2 Å². The van der Waals surface area contributed by atoms with Gasteiger partial charge in [0.05, 0.1) is 0 Å². The minimum atomic E-state index is 1.23. The molecule has 1 aromatic carbocycles. The van der Waals surface area contributed by atoms with Crippen LogP contribution in [0.25, 0.3) is 6.08 Å². The van der Waals surface area contributed by atoms with Crippen molar-refractivity contribution in [3.8, 4) is 0 Å². The highest BCUT2D eigenvalue weighted by Crippen LogP contribution is 2.09. The molecule has 0 aliphatic heterocycles. The Labute approximate surface area is 68.6 Å². The molecule has 0 nitrogen and oxygen atoms in total. The summed E-state index contributed by atoms with van der Waals surface area (Å²) >= 11 is 0. The van der Waals surface area contributed by atoms with Crippen molar-refractivity contribution in [2.75, 3.05) is 0 Å². The van der Waals surface area contributed by atoms with E-state index in [1.165, 1.54) is 16.7 Å². The Kier molecular flexibility index (Phi) is 2.48. The maximum absolute atomic E-state index is 3.66. The molecule has 11 heavy (non-hydrogen) atoms. The van der Waals surface area contributed by atoms with E-state index in [0.29, 0.717) is 0 Å². The largest absolute Gasteiger partial charge is 0.0836 e. The minimum absolute atomic E-state index is 1.23. The maximum Gasteiger partial charge on any atom is -0.0255 e. The molecule has 0 amide bonds. The van der Waals surface area contributed by atoms with E-state index in [0.717, 1.165) is 0 Å². The lowest BCUT2D eigenvalue weighted by Gasteiger charge is -1.98. The van der Waals surface area contributed by atoms with E-state index < -0.39 is 0 Å². The Balaban J connectivity index is 3.08. The molecule has 1 aromatic rings. The summed E-state index contributed by atoms with van der Waals surface area (Å²) in [7, 11) is 0. The molecular formula is C11H13. The summed E-state index contributed by atoms with van der Waals surface area (Å²) in [6, 6.07) is 6.46. The molecule has 0 aliphatic rings.